The molecule has 0 aliphatic carbocycles. The van der Waals surface area contributed by atoms with Gasteiger partial charge in [0, 0.05) is 6.54 Å². The van der Waals surface area contributed by atoms with Crippen LogP contribution in [-0.4, -0.2) is 28.0 Å². The quantitative estimate of drug-likeness (QED) is 0.711. The van der Waals surface area contributed by atoms with Crippen LogP contribution in [0.5, 0.6) is 5.75 Å². The summed E-state index contributed by atoms with van der Waals surface area (Å²) in [5, 5.41) is 0. The van der Waals surface area contributed by atoms with E-state index in [4.69, 9.17) is 9.47 Å². The van der Waals surface area contributed by atoms with Crippen molar-refractivity contribution in [3.05, 3.63) is 59.4 Å². The van der Waals surface area contributed by atoms with Gasteiger partial charge in [0.05, 0.1) is 18.4 Å². The number of rotatable bonds is 8. The van der Waals surface area contributed by atoms with Gasteiger partial charge in [-0.3, -0.25) is 4.79 Å². The van der Waals surface area contributed by atoms with Crippen LogP contribution < -0.4 is 9.46 Å². The Kier molecular flexibility index (Phi) is 6.70. The highest BCUT2D eigenvalue weighted by Crippen LogP contribution is 2.18. The van der Waals surface area contributed by atoms with Gasteiger partial charge in [0.15, 0.2) is 11.6 Å². The molecule has 0 unspecified atom stereocenters. The smallest absolute Gasteiger partial charge is 0.307 e. The molecule has 0 heterocycles. The zero-order valence-corrected chi connectivity index (χ0v) is 15.3. The van der Waals surface area contributed by atoms with E-state index in [0.717, 1.165) is 5.56 Å². The molecule has 0 aliphatic rings. The van der Waals surface area contributed by atoms with Gasteiger partial charge in [-0.15, -0.1) is 0 Å². The van der Waals surface area contributed by atoms with E-state index in [2.05, 4.69) is 4.72 Å². The molecule has 0 aromatic heterocycles. The highest BCUT2D eigenvalue weighted by Gasteiger charge is 2.14. The van der Waals surface area contributed by atoms with Crippen LogP contribution in [-0.2, 0) is 26.2 Å². The summed E-state index contributed by atoms with van der Waals surface area (Å²) in [5.41, 5.74) is 1.42. The molecule has 6 nitrogen and oxygen atoms in total. The van der Waals surface area contributed by atoms with Gasteiger partial charge in [-0.25, -0.2) is 17.5 Å². The molecule has 0 spiro atoms. The molecule has 0 fully saturated rings. The Balaban J connectivity index is 1.80. The molecule has 2 aromatic rings. The number of hydrogen-bond donors (Lipinski definition) is 1. The molecule has 140 valence electrons. The lowest BCUT2D eigenvalue weighted by molar-refractivity contribution is -0.144. The highest BCUT2D eigenvalue weighted by molar-refractivity contribution is 7.89. The van der Waals surface area contributed by atoms with E-state index in [1.807, 2.05) is 6.92 Å². The van der Waals surface area contributed by atoms with E-state index < -0.39 is 21.8 Å². The number of methoxy groups -OCH3 is 1. The molecular formula is C18H20FNO5S. The molecule has 0 atom stereocenters. The van der Waals surface area contributed by atoms with Gasteiger partial charge < -0.3 is 9.47 Å². The summed E-state index contributed by atoms with van der Waals surface area (Å²) >= 11 is 0. The van der Waals surface area contributed by atoms with Crippen molar-refractivity contribution in [3.63, 3.8) is 0 Å². The number of carbonyl (C=O) groups excluding carboxylic acids is 1. The summed E-state index contributed by atoms with van der Waals surface area (Å²) in [5.74, 6) is -1.04. The van der Waals surface area contributed by atoms with Crippen molar-refractivity contribution in [3.8, 4) is 5.75 Å². The molecule has 0 amide bonds. The topological polar surface area (TPSA) is 81.7 Å². The third-order valence-corrected chi connectivity index (χ3v) is 5.05. The summed E-state index contributed by atoms with van der Waals surface area (Å²) in [7, 11) is -2.32. The van der Waals surface area contributed by atoms with Crippen LogP contribution in [0.4, 0.5) is 4.39 Å². The maximum absolute atomic E-state index is 13.6. The fourth-order valence-corrected chi connectivity index (χ4v) is 3.16. The first-order valence-electron chi connectivity index (χ1n) is 7.86. The van der Waals surface area contributed by atoms with Crippen LogP contribution in [0, 0.1) is 12.7 Å². The van der Waals surface area contributed by atoms with Crippen molar-refractivity contribution in [2.45, 2.75) is 24.8 Å². The van der Waals surface area contributed by atoms with Gasteiger partial charge in [0.2, 0.25) is 10.0 Å². The zero-order valence-electron chi connectivity index (χ0n) is 14.5. The number of carbonyl (C=O) groups is 1. The average Bonchev–Trinajstić information content (AvgIpc) is 2.60. The molecule has 2 rings (SSSR count). The first kappa shape index (κ1) is 19.9. The minimum absolute atomic E-state index is 0.0913. The molecule has 26 heavy (non-hydrogen) atoms. The highest BCUT2D eigenvalue weighted by atomic mass is 32.2. The maximum Gasteiger partial charge on any atom is 0.307 e. The summed E-state index contributed by atoms with van der Waals surface area (Å²) in [4.78, 5) is 11.8. The average molecular weight is 381 g/mol. The second-order valence-electron chi connectivity index (χ2n) is 5.59. The lowest BCUT2D eigenvalue weighted by Crippen LogP contribution is -2.26. The van der Waals surface area contributed by atoms with Gasteiger partial charge in [-0.1, -0.05) is 23.8 Å². The Hall–Kier alpha value is -2.45. The summed E-state index contributed by atoms with van der Waals surface area (Å²) in [6.45, 7) is 1.66. The number of sulfonamides is 1. The zero-order chi connectivity index (χ0) is 19.2. The monoisotopic (exact) mass is 381 g/mol. The van der Waals surface area contributed by atoms with Crippen LogP contribution in [0.2, 0.25) is 0 Å². The van der Waals surface area contributed by atoms with E-state index in [0.29, 0.717) is 5.56 Å². The Morgan fingerprint density at radius 1 is 1.15 bits per heavy atom. The number of esters is 1. The van der Waals surface area contributed by atoms with Crippen molar-refractivity contribution in [2.24, 2.45) is 0 Å². The Morgan fingerprint density at radius 2 is 1.85 bits per heavy atom. The number of aryl methyl sites for hydroxylation is 1. The number of benzene rings is 2. The van der Waals surface area contributed by atoms with Crippen LogP contribution in [0.25, 0.3) is 0 Å². The van der Waals surface area contributed by atoms with E-state index >= 15 is 0 Å². The number of nitrogens with one attached hydrogen (secondary N) is 1. The van der Waals surface area contributed by atoms with Gasteiger partial charge >= 0.3 is 5.97 Å². The maximum atomic E-state index is 13.6. The predicted octanol–water partition coefficient (Wildman–Crippen LogP) is 2.55. The lowest BCUT2D eigenvalue weighted by Gasteiger charge is -2.08. The van der Waals surface area contributed by atoms with Crippen LogP contribution >= 0.6 is 0 Å². The number of ether oxygens (including phenoxy) is 2. The molecule has 1 N–H and O–H groups in total. The van der Waals surface area contributed by atoms with Crippen LogP contribution in [0.1, 0.15) is 17.5 Å². The molecule has 0 bridgehead atoms. The summed E-state index contributed by atoms with van der Waals surface area (Å²) in [6, 6.07) is 10.6. The lowest BCUT2D eigenvalue weighted by atomic mass is 10.2. The standard InChI is InChI=1S/C18H20FNO5S/c1-13-3-6-15(7-4-13)26(22,23)20-10-9-18(21)25-12-14-5-8-17(24-2)16(19)11-14/h3-8,11,20H,9-10,12H2,1-2H3. The van der Waals surface area contributed by atoms with E-state index in [1.54, 1.807) is 18.2 Å². The molecular weight excluding hydrogens is 361 g/mol. The summed E-state index contributed by atoms with van der Waals surface area (Å²) in [6.07, 6.45) is -0.135. The molecule has 0 saturated heterocycles. The second-order valence-corrected chi connectivity index (χ2v) is 7.36. The fourth-order valence-electron chi connectivity index (χ4n) is 2.12. The number of hydrogen-bond acceptors (Lipinski definition) is 5. The molecule has 2 aromatic carbocycles. The molecule has 0 saturated carbocycles. The second kappa shape index (κ2) is 8.77. The van der Waals surface area contributed by atoms with Crippen LogP contribution in [0.3, 0.4) is 0 Å². The first-order valence-corrected chi connectivity index (χ1v) is 9.34. The first-order chi connectivity index (χ1) is 12.3. The van der Waals surface area contributed by atoms with Gasteiger partial charge in [-0.05, 0) is 36.8 Å². The van der Waals surface area contributed by atoms with E-state index in [-0.39, 0.29) is 30.2 Å². The largest absolute Gasteiger partial charge is 0.494 e. The van der Waals surface area contributed by atoms with Gasteiger partial charge in [0.25, 0.3) is 0 Å². The van der Waals surface area contributed by atoms with E-state index in [1.165, 1.54) is 31.4 Å². The van der Waals surface area contributed by atoms with Crippen molar-refractivity contribution < 1.29 is 27.1 Å². The van der Waals surface area contributed by atoms with Crippen LogP contribution in [0.15, 0.2) is 47.4 Å². The summed E-state index contributed by atoms with van der Waals surface area (Å²) < 4.78 is 49.9. The molecule has 0 aliphatic heterocycles. The molecule has 0 radical (unpaired) electrons. The van der Waals surface area contributed by atoms with Crippen molar-refractivity contribution in [1.29, 1.82) is 0 Å². The van der Waals surface area contributed by atoms with Crippen molar-refractivity contribution in [1.82, 2.24) is 4.72 Å². The number of halogens is 1. The Morgan fingerprint density at radius 3 is 2.46 bits per heavy atom. The SMILES string of the molecule is COc1ccc(COC(=O)CCNS(=O)(=O)c2ccc(C)cc2)cc1F. The fraction of sp³-hybridized carbons (Fsp3) is 0.278. The minimum atomic E-state index is -3.67. The Labute approximate surface area is 152 Å². The predicted molar refractivity (Wildman–Crippen MR) is 93.7 cm³/mol. The van der Waals surface area contributed by atoms with Gasteiger partial charge in [0.1, 0.15) is 6.61 Å². The normalized spacial score (nSPS) is 11.2. The molecule has 8 heteroatoms. The third kappa shape index (κ3) is 5.53. The minimum Gasteiger partial charge on any atom is -0.494 e. The van der Waals surface area contributed by atoms with Crippen molar-refractivity contribution in [2.75, 3.05) is 13.7 Å². The van der Waals surface area contributed by atoms with Crippen molar-refractivity contribution >= 4 is 16.0 Å². The van der Waals surface area contributed by atoms with E-state index in [9.17, 15) is 17.6 Å². The Bertz CT molecular complexity index is 866. The van der Waals surface area contributed by atoms with Gasteiger partial charge in [-0.2, -0.15) is 0 Å². The third-order valence-electron chi connectivity index (χ3n) is 3.57.